The molecule has 1 aromatic carbocycles. The lowest BCUT2D eigenvalue weighted by Crippen LogP contribution is -2.31. The Kier molecular flexibility index (Phi) is 5.47. The van der Waals surface area contributed by atoms with Crippen LogP contribution in [0.2, 0.25) is 0 Å². The number of benzene rings is 1. The molecular formula is C20H25N3O. The molecule has 2 aromatic rings. The summed E-state index contributed by atoms with van der Waals surface area (Å²) >= 11 is 0. The number of amides is 1. The van der Waals surface area contributed by atoms with Crippen LogP contribution in [0.25, 0.3) is 0 Å². The van der Waals surface area contributed by atoms with Crippen LogP contribution in [0, 0.1) is 0 Å². The van der Waals surface area contributed by atoms with Crippen molar-refractivity contribution in [3.63, 3.8) is 0 Å². The molecule has 1 amide bonds. The largest absolute Gasteiger partial charge is 0.354 e. The summed E-state index contributed by atoms with van der Waals surface area (Å²) in [4.78, 5) is 18.9. The summed E-state index contributed by atoms with van der Waals surface area (Å²) in [7, 11) is 0. The third-order valence-electron chi connectivity index (χ3n) is 4.53. The van der Waals surface area contributed by atoms with Gasteiger partial charge in [-0.25, -0.2) is 0 Å². The van der Waals surface area contributed by atoms with Crippen molar-refractivity contribution in [2.24, 2.45) is 0 Å². The molecule has 126 valence electrons. The number of nitrogens with zero attached hydrogens (tertiary/aromatic N) is 2. The number of carbonyl (C=O) groups excluding carboxylic acids is 1. The molecule has 4 heteroatoms. The van der Waals surface area contributed by atoms with Crippen molar-refractivity contribution in [1.82, 2.24) is 9.88 Å². The zero-order valence-electron chi connectivity index (χ0n) is 14.3. The van der Waals surface area contributed by atoms with E-state index in [1.807, 2.05) is 11.0 Å². The summed E-state index contributed by atoms with van der Waals surface area (Å²) < 4.78 is 0. The van der Waals surface area contributed by atoms with E-state index in [1.165, 1.54) is 18.4 Å². The number of pyridine rings is 1. The average Bonchev–Trinajstić information content (AvgIpc) is 2.91. The maximum Gasteiger partial charge on any atom is 0.255 e. The fraction of sp³-hybridized carbons (Fsp3) is 0.400. The average molecular weight is 323 g/mol. The number of hydrogen-bond acceptors (Lipinski definition) is 3. The van der Waals surface area contributed by atoms with E-state index in [1.54, 1.807) is 12.4 Å². The molecule has 0 radical (unpaired) electrons. The highest BCUT2D eigenvalue weighted by atomic mass is 16.2. The van der Waals surface area contributed by atoms with Crippen LogP contribution in [-0.4, -0.2) is 28.9 Å². The highest BCUT2D eigenvalue weighted by Crippen LogP contribution is 2.19. The molecular weight excluding hydrogens is 298 g/mol. The summed E-state index contributed by atoms with van der Waals surface area (Å²) in [6.45, 7) is 3.86. The van der Waals surface area contributed by atoms with E-state index in [-0.39, 0.29) is 5.91 Å². The number of anilines is 2. The van der Waals surface area contributed by atoms with E-state index in [0.29, 0.717) is 5.56 Å². The molecule has 1 N–H and O–H groups in total. The third-order valence-corrected chi connectivity index (χ3v) is 4.53. The fourth-order valence-corrected chi connectivity index (χ4v) is 3.07. The Hall–Kier alpha value is -2.36. The summed E-state index contributed by atoms with van der Waals surface area (Å²) in [6.07, 6.45) is 9.09. The van der Waals surface area contributed by atoms with Crippen LogP contribution in [0.5, 0.6) is 0 Å². The molecule has 0 bridgehead atoms. The second-order valence-corrected chi connectivity index (χ2v) is 6.34. The van der Waals surface area contributed by atoms with Crippen molar-refractivity contribution < 1.29 is 4.79 Å². The molecule has 0 spiro atoms. The first-order chi connectivity index (χ1) is 11.8. The number of nitrogens with one attached hydrogen (secondary N) is 1. The van der Waals surface area contributed by atoms with Gasteiger partial charge >= 0.3 is 0 Å². The summed E-state index contributed by atoms with van der Waals surface area (Å²) in [5, 5.41) is 3.33. The van der Waals surface area contributed by atoms with Gasteiger partial charge in [0.25, 0.3) is 5.91 Å². The molecule has 0 aliphatic carbocycles. The minimum absolute atomic E-state index is 0.0920. The van der Waals surface area contributed by atoms with Gasteiger partial charge in [-0.3, -0.25) is 9.78 Å². The zero-order chi connectivity index (χ0) is 16.8. The van der Waals surface area contributed by atoms with Gasteiger partial charge in [-0.15, -0.1) is 0 Å². The molecule has 0 unspecified atom stereocenters. The van der Waals surface area contributed by atoms with E-state index < -0.39 is 0 Å². The number of carbonyl (C=O) groups is 1. The second kappa shape index (κ2) is 7.95. The highest BCUT2D eigenvalue weighted by Gasteiger charge is 2.17. The van der Waals surface area contributed by atoms with E-state index >= 15 is 0 Å². The predicted molar refractivity (Wildman–Crippen MR) is 97.7 cm³/mol. The minimum atomic E-state index is 0.0920. The van der Waals surface area contributed by atoms with Crippen molar-refractivity contribution in [2.45, 2.75) is 39.0 Å². The molecule has 1 saturated heterocycles. The highest BCUT2D eigenvalue weighted by molar-refractivity contribution is 5.95. The Labute approximate surface area is 143 Å². The topological polar surface area (TPSA) is 45.2 Å². The monoisotopic (exact) mass is 323 g/mol. The first-order valence-electron chi connectivity index (χ1n) is 8.86. The lowest BCUT2D eigenvalue weighted by molar-refractivity contribution is 0.0761. The Morgan fingerprint density at radius 1 is 1.04 bits per heavy atom. The molecule has 2 heterocycles. The molecule has 1 fully saturated rings. The fourth-order valence-electron chi connectivity index (χ4n) is 3.07. The summed E-state index contributed by atoms with van der Waals surface area (Å²) in [6, 6.07) is 10.2. The van der Waals surface area contributed by atoms with Gasteiger partial charge in [0.05, 0.1) is 17.4 Å². The van der Waals surface area contributed by atoms with E-state index in [0.717, 1.165) is 43.7 Å². The zero-order valence-corrected chi connectivity index (χ0v) is 14.3. The van der Waals surface area contributed by atoms with Crippen LogP contribution in [0.3, 0.4) is 0 Å². The molecule has 1 aromatic heterocycles. The molecule has 1 aliphatic heterocycles. The predicted octanol–water partition coefficient (Wildman–Crippen LogP) is 4.40. The van der Waals surface area contributed by atoms with E-state index in [2.05, 4.69) is 41.5 Å². The molecule has 24 heavy (non-hydrogen) atoms. The number of aromatic nitrogens is 1. The van der Waals surface area contributed by atoms with E-state index in [9.17, 15) is 4.79 Å². The summed E-state index contributed by atoms with van der Waals surface area (Å²) in [5.41, 5.74) is 3.82. The van der Waals surface area contributed by atoms with Crippen molar-refractivity contribution in [3.05, 3.63) is 53.9 Å². The normalized spacial score (nSPS) is 15.0. The van der Waals surface area contributed by atoms with Gasteiger partial charge in [0.2, 0.25) is 0 Å². The van der Waals surface area contributed by atoms with Gasteiger partial charge in [0, 0.05) is 25.0 Å². The molecule has 0 atom stereocenters. The Morgan fingerprint density at radius 3 is 2.42 bits per heavy atom. The standard InChI is InChI=1S/C20H25N3O/c1-2-16-7-9-18(10-8-16)22-19-13-17(14-21-15-19)20(24)23-11-5-3-4-6-12-23/h7-10,13-15,22H,2-6,11-12H2,1H3. The van der Waals surface area contributed by atoms with Crippen LogP contribution in [-0.2, 0) is 6.42 Å². The lowest BCUT2D eigenvalue weighted by atomic mass is 10.1. The molecule has 1 aliphatic rings. The van der Waals surface area contributed by atoms with Crippen LogP contribution in [0.15, 0.2) is 42.7 Å². The minimum Gasteiger partial charge on any atom is -0.354 e. The Bertz CT molecular complexity index is 674. The van der Waals surface area contributed by atoms with E-state index in [4.69, 9.17) is 0 Å². The maximum absolute atomic E-state index is 12.7. The van der Waals surface area contributed by atoms with Gasteiger partial charge in [0.15, 0.2) is 0 Å². The van der Waals surface area contributed by atoms with Crippen LogP contribution in [0.4, 0.5) is 11.4 Å². The third kappa shape index (κ3) is 4.13. The Morgan fingerprint density at radius 2 is 1.75 bits per heavy atom. The van der Waals surface area contributed by atoms with Gasteiger partial charge in [-0.2, -0.15) is 0 Å². The summed E-state index contributed by atoms with van der Waals surface area (Å²) in [5.74, 6) is 0.0920. The Balaban J connectivity index is 1.71. The lowest BCUT2D eigenvalue weighted by Gasteiger charge is -2.20. The van der Waals surface area contributed by atoms with Gasteiger partial charge in [-0.1, -0.05) is 31.9 Å². The number of likely N-dealkylation sites (tertiary alicyclic amines) is 1. The maximum atomic E-state index is 12.7. The van der Waals surface area contributed by atoms with Gasteiger partial charge < -0.3 is 10.2 Å². The quantitative estimate of drug-likeness (QED) is 0.907. The van der Waals surface area contributed by atoms with Crippen molar-refractivity contribution >= 4 is 17.3 Å². The van der Waals surface area contributed by atoms with Crippen LogP contribution >= 0.6 is 0 Å². The van der Waals surface area contributed by atoms with Crippen molar-refractivity contribution in [3.8, 4) is 0 Å². The smallest absolute Gasteiger partial charge is 0.255 e. The van der Waals surface area contributed by atoms with Crippen molar-refractivity contribution in [1.29, 1.82) is 0 Å². The van der Waals surface area contributed by atoms with Crippen LogP contribution < -0.4 is 5.32 Å². The second-order valence-electron chi connectivity index (χ2n) is 6.34. The first-order valence-corrected chi connectivity index (χ1v) is 8.86. The van der Waals surface area contributed by atoms with Gasteiger partial charge in [-0.05, 0) is 43.0 Å². The van der Waals surface area contributed by atoms with Crippen LogP contribution in [0.1, 0.15) is 48.5 Å². The molecule has 0 saturated carbocycles. The number of hydrogen-bond donors (Lipinski definition) is 1. The molecule has 3 rings (SSSR count). The first kappa shape index (κ1) is 16.5. The number of aryl methyl sites for hydroxylation is 1. The van der Waals surface area contributed by atoms with Crippen molar-refractivity contribution in [2.75, 3.05) is 18.4 Å². The van der Waals surface area contributed by atoms with Gasteiger partial charge in [0.1, 0.15) is 0 Å². The number of rotatable bonds is 4. The molecule has 4 nitrogen and oxygen atoms in total. The SMILES string of the molecule is CCc1ccc(Nc2cncc(C(=O)N3CCCCCC3)c2)cc1.